The van der Waals surface area contributed by atoms with E-state index in [1.54, 1.807) is 7.11 Å². The van der Waals surface area contributed by atoms with E-state index in [1.165, 1.54) is 0 Å². The summed E-state index contributed by atoms with van der Waals surface area (Å²) in [6.45, 7) is 5.49. The molecule has 3 aromatic heterocycles. The van der Waals surface area contributed by atoms with E-state index >= 15 is 0 Å². The molecule has 0 saturated heterocycles. The number of benzene rings is 2. The number of hydrogen-bond acceptors (Lipinski definition) is 5. The second-order valence-electron chi connectivity index (χ2n) is 8.52. The molecule has 0 atom stereocenters. The number of aryl methyl sites for hydroxylation is 2. The van der Waals surface area contributed by atoms with Crippen molar-refractivity contribution in [1.29, 1.82) is 0 Å². The Morgan fingerprint density at radius 1 is 0.882 bits per heavy atom. The minimum Gasteiger partial charge on any atom is -0.383 e. The molecule has 0 unspecified atom stereocenters. The van der Waals surface area contributed by atoms with Gasteiger partial charge in [-0.05, 0) is 54.6 Å². The maximum atomic E-state index is 5.15. The van der Waals surface area contributed by atoms with Crippen molar-refractivity contribution in [1.82, 2.24) is 24.3 Å². The van der Waals surface area contributed by atoms with Crippen molar-refractivity contribution in [2.75, 3.05) is 19.0 Å². The van der Waals surface area contributed by atoms with E-state index in [2.05, 4.69) is 80.5 Å². The molecular weight excluding hydrogens is 424 g/mol. The van der Waals surface area contributed by atoms with E-state index < -0.39 is 0 Å². The third-order valence-electron chi connectivity index (χ3n) is 6.22. The number of anilines is 2. The summed E-state index contributed by atoms with van der Waals surface area (Å²) in [5.41, 5.74) is 6.64. The molecule has 0 fully saturated rings. The highest BCUT2D eigenvalue weighted by atomic mass is 16.5. The summed E-state index contributed by atoms with van der Waals surface area (Å²) < 4.78 is 9.15. The average Bonchev–Trinajstić information content (AvgIpc) is 3.45. The van der Waals surface area contributed by atoms with Crippen molar-refractivity contribution in [2.24, 2.45) is 7.05 Å². The average molecular weight is 453 g/mol. The standard InChI is InChI=1S/C27H28N6O/c1-18-11-21(26-16-28-19(2)32(26)3)7-8-25(18)31-27-13-23-12-20(5-6-22(23)14-29-27)24-15-30-33(17-24)9-10-34-4/h5-8,11-17H,9-10H2,1-4H3,(H,29,31). The molecule has 0 bridgehead atoms. The Hall–Kier alpha value is -3.97. The molecule has 0 aliphatic carbocycles. The molecule has 0 spiro atoms. The maximum absolute atomic E-state index is 5.15. The molecule has 1 N–H and O–H groups in total. The van der Waals surface area contributed by atoms with E-state index in [0.717, 1.165) is 62.6 Å². The first-order valence-corrected chi connectivity index (χ1v) is 11.3. The summed E-state index contributed by atoms with van der Waals surface area (Å²) in [5, 5.41) is 10.1. The first-order valence-electron chi connectivity index (χ1n) is 11.3. The highest BCUT2D eigenvalue weighted by molar-refractivity contribution is 5.89. The van der Waals surface area contributed by atoms with Gasteiger partial charge in [-0.2, -0.15) is 5.10 Å². The normalized spacial score (nSPS) is 11.3. The zero-order chi connectivity index (χ0) is 23.7. The number of methoxy groups -OCH3 is 1. The van der Waals surface area contributed by atoms with Crippen molar-refractivity contribution in [3.05, 3.63) is 78.6 Å². The van der Waals surface area contributed by atoms with E-state index in [9.17, 15) is 0 Å². The fraction of sp³-hybridized carbons (Fsp3) is 0.222. The molecule has 3 heterocycles. The zero-order valence-electron chi connectivity index (χ0n) is 19.9. The molecule has 0 saturated carbocycles. The number of imidazole rings is 1. The molecule has 7 nitrogen and oxygen atoms in total. The van der Waals surface area contributed by atoms with Crippen molar-refractivity contribution >= 4 is 22.3 Å². The minimum atomic E-state index is 0.641. The number of pyridine rings is 1. The lowest BCUT2D eigenvalue weighted by Crippen LogP contribution is -2.03. The van der Waals surface area contributed by atoms with Gasteiger partial charge in [-0.25, -0.2) is 9.97 Å². The number of aromatic nitrogens is 5. The van der Waals surface area contributed by atoms with Crippen molar-refractivity contribution < 1.29 is 4.74 Å². The van der Waals surface area contributed by atoms with Crippen LogP contribution < -0.4 is 5.32 Å². The third-order valence-corrected chi connectivity index (χ3v) is 6.22. The second-order valence-corrected chi connectivity index (χ2v) is 8.52. The number of ether oxygens (including phenoxy) is 1. The van der Waals surface area contributed by atoms with Crippen molar-refractivity contribution in [3.8, 4) is 22.4 Å². The van der Waals surface area contributed by atoms with Crippen molar-refractivity contribution in [3.63, 3.8) is 0 Å². The highest BCUT2D eigenvalue weighted by Gasteiger charge is 2.09. The summed E-state index contributed by atoms with van der Waals surface area (Å²) in [6, 6.07) is 14.9. The van der Waals surface area contributed by atoms with Gasteiger partial charge in [0.15, 0.2) is 0 Å². The van der Waals surface area contributed by atoms with E-state index in [-0.39, 0.29) is 0 Å². The van der Waals surface area contributed by atoms with Crippen LogP contribution in [0.15, 0.2) is 67.3 Å². The fourth-order valence-electron chi connectivity index (χ4n) is 4.08. The molecule has 34 heavy (non-hydrogen) atoms. The van der Waals surface area contributed by atoms with E-state index in [1.807, 2.05) is 37.2 Å². The van der Waals surface area contributed by atoms with Crippen LogP contribution in [0.4, 0.5) is 11.5 Å². The Morgan fingerprint density at radius 3 is 2.50 bits per heavy atom. The fourth-order valence-corrected chi connectivity index (χ4v) is 4.08. The number of nitrogens with zero attached hydrogens (tertiary/aromatic N) is 5. The minimum absolute atomic E-state index is 0.641. The monoisotopic (exact) mass is 452 g/mol. The molecular formula is C27H28N6O. The number of hydrogen-bond donors (Lipinski definition) is 1. The summed E-state index contributed by atoms with van der Waals surface area (Å²) in [4.78, 5) is 9.04. The topological polar surface area (TPSA) is 69.8 Å². The molecule has 0 radical (unpaired) electrons. The van der Waals surface area contributed by atoms with Crippen LogP contribution >= 0.6 is 0 Å². The largest absolute Gasteiger partial charge is 0.383 e. The first kappa shape index (κ1) is 21.9. The summed E-state index contributed by atoms with van der Waals surface area (Å²) in [6.07, 6.45) is 7.77. The smallest absolute Gasteiger partial charge is 0.130 e. The Kier molecular flexibility index (Phi) is 5.86. The van der Waals surface area contributed by atoms with Gasteiger partial charge in [-0.15, -0.1) is 0 Å². The predicted octanol–water partition coefficient (Wildman–Crippen LogP) is 5.51. The van der Waals surface area contributed by atoms with Gasteiger partial charge in [-0.3, -0.25) is 4.68 Å². The molecule has 7 heteroatoms. The highest BCUT2D eigenvalue weighted by Crippen LogP contribution is 2.29. The van der Waals surface area contributed by atoms with Gasteiger partial charge in [0.1, 0.15) is 11.6 Å². The van der Waals surface area contributed by atoms with Crippen LogP contribution in [0, 0.1) is 13.8 Å². The lowest BCUT2D eigenvalue weighted by molar-refractivity contribution is 0.183. The van der Waals surface area contributed by atoms with Crippen molar-refractivity contribution in [2.45, 2.75) is 20.4 Å². The Balaban J connectivity index is 1.40. The van der Waals surface area contributed by atoms with Gasteiger partial charge in [0, 0.05) is 48.8 Å². The molecule has 0 aliphatic rings. The van der Waals surface area contributed by atoms with Crippen LogP contribution in [0.3, 0.4) is 0 Å². The zero-order valence-corrected chi connectivity index (χ0v) is 19.9. The molecule has 5 aromatic rings. The van der Waals surface area contributed by atoms with Gasteiger partial charge < -0.3 is 14.6 Å². The van der Waals surface area contributed by atoms with Gasteiger partial charge in [0.05, 0.1) is 31.2 Å². The Labute approximate surface area is 199 Å². The molecule has 5 rings (SSSR count). The van der Waals surface area contributed by atoms with E-state index in [0.29, 0.717) is 6.61 Å². The maximum Gasteiger partial charge on any atom is 0.130 e. The molecule has 0 aliphatic heterocycles. The Morgan fingerprint density at radius 2 is 1.74 bits per heavy atom. The van der Waals surface area contributed by atoms with E-state index in [4.69, 9.17) is 4.74 Å². The van der Waals surface area contributed by atoms with Crippen LogP contribution in [0.1, 0.15) is 11.4 Å². The molecule has 0 amide bonds. The van der Waals surface area contributed by atoms with Gasteiger partial charge >= 0.3 is 0 Å². The lowest BCUT2D eigenvalue weighted by Gasteiger charge is -2.12. The Bertz CT molecular complexity index is 1470. The van der Waals surface area contributed by atoms with Crippen LogP contribution in [0.2, 0.25) is 0 Å². The molecule has 172 valence electrons. The number of nitrogens with one attached hydrogen (secondary N) is 1. The summed E-state index contributed by atoms with van der Waals surface area (Å²) in [5.74, 6) is 1.81. The van der Waals surface area contributed by atoms with Crippen LogP contribution in [0.25, 0.3) is 33.2 Å². The van der Waals surface area contributed by atoms with Crippen LogP contribution in [0.5, 0.6) is 0 Å². The van der Waals surface area contributed by atoms with Gasteiger partial charge in [0.25, 0.3) is 0 Å². The lowest BCUT2D eigenvalue weighted by atomic mass is 10.0. The summed E-state index contributed by atoms with van der Waals surface area (Å²) >= 11 is 0. The molecule has 2 aromatic carbocycles. The predicted molar refractivity (Wildman–Crippen MR) is 136 cm³/mol. The summed E-state index contributed by atoms with van der Waals surface area (Å²) in [7, 11) is 3.74. The quantitative estimate of drug-likeness (QED) is 0.353. The number of rotatable bonds is 7. The van der Waals surface area contributed by atoms with Gasteiger partial charge in [0.2, 0.25) is 0 Å². The van der Waals surface area contributed by atoms with Crippen LogP contribution in [-0.2, 0) is 18.3 Å². The number of fused-ring (bicyclic) bond motifs is 1. The SMILES string of the molecule is COCCn1cc(-c2ccc3cnc(Nc4ccc(-c5cnc(C)n5C)cc4C)cc3c2)cn1. The third kappa shape index (κ3) is 4.30. The first-order chi connectivity index (χ1) is 16.5. The van der Waals surface area contributed by atoms with Gasteiger partial charge in [-0.1, -0.05) is 18.2 Å². The second kappa shape index (κ2) is 9.11. The van der Waals surface area contributed by atoms with Crippen LogP contribution in [-0.4, -0.2) is 38.0 Å².